The van der Waals surface area contributed by atoms with Crippen molar-refractivity contribution < 1.29 is 27.1 Å². The van der Waals surface area contributed by atoms with E-state index in [1.54, 1.807) is 0 Å². The Bertz CT molecular complexity index is 591. The van der Waals surface area contributed by atoms with Crippen LogP contribution in [0.1, 0.15) is 12.8 Å². The third kappa shape index (κ3) is 4.51. The highest BCUT2D eigenvalue weighted by Gasteiger charge is 2.21. The second kappa shape index (κ2) is 6.40. The smallest absolute Gasteiger partial charge is 0.303 e. The molecule has 0 unspecified atom stereocenters. The summed E-state index contributed by atoms with van der Waals surface area (Å²) in [5.41, 5.74) is 0. The Labute approximate surface area is 116 Å². The second-order valence-corrected chi connectivity index (χ2v) is 6.18. The Kier molecular flexibility index (Phi) is 5.39. The average molecular weight is 358 g/mol. The van der Waals surface area contributed by atoms with Crippen LogP contribution >= 0.6 is 15.9 Å². The first-order chi connectivity index (χ1) is 8.74. The Hall–Kier alpha value is -1.06. The van der Waals surface area contributed by atoms with Crippen LogP contribution in [0.5, 0.6) is 0 Å². The minimum Gasteiger partial charge on any atom is -0.481 e. The molecule has 0 aromatic heterocycles. The van der Waals surface area contributed by atoms with Gasteiger partial charge in [-0.15, -0.1) is 0 Å². The maximum Gasteiger partial charge on any atom is 0.303 e. The lowest BCUT2D eigenvalue weighted by molar-refractivity contribution is -0.137. The second-order valence-electron chi connectivity index (χ2n) is 3.59. The van der Waals surface area contributed by atoms with Gasteiger partial charge in [0.05, 0.1) is 4.47 Å². The van der Waals surface area contributed by atoms with Crippen LogP contribution in [0.25, 0.3) is 0 Å². The van der Waals surface area contributed by atoms with E-state index in [1.807, 2.05) is 4.72 Å². The van der Waals surface area contributed by atoms with Crippen molar-refractivity contribution in [3.8, 4) is 0 Å². The Morgan fingerprint density at radius 3 is 2.53 bits per heavy atom. The number of halogens is 3. The molecule has 0 bridgehead atoms. The van der Waals surface area contributed by atoms with E-state index >= 15 is 0 Å². The Morgan fingerprint density at radius 2 is 1.95 bits per heavy atom. The minimum atomic E-state index is -4.21. The monoisotopic (exact) mass is 357 g/mol. The van der Waals surface area contributed by atoms with Crippen LogP contribution in [-0.4, -0.2) is 26.0 Å². The summed E-state index contributed by atoms with van der Waals surface area (Å²) in [5, 5.41) is 8.38. The Morgan fingerprint density at radius 1 is 1.32 bits per heavy atom. The third-order valence-electron chi connectivity index (χ3n) is 2.12. The lowest BCUT2D eigenvalue weighted by atomic mass is 10.3. The zero-order chi connectivity index (χ0) is 14.6. The predicted octanol–water partition coefficient (Wildman–Crippen LogP) is 1.87. The van der Waals surface area contributed by atoms with E-state index in [0.29, 0.717) is 12.1 Å². The van der Waals surface area contributed by atoms with Gasteiger partial charge in [-0.25, -0.2) is 21.9 Å². The van der Waals surface area contributed by atoms with Crippen LogP contribution in [0.2, 0.25) is 0 Å². The van der Waals surface area contributed by atoms with E-state index in [0.717, 1.165) is 0 Å². The first-order valence-corrected chi connectivity index (χ1v) is 7.37. The fraction of sp³-hybridized carbons (Fsp3) is 0.300. The molecule has 0 aliphatic heterocycles. The molecule has 0 aliphatic rings. The van der Waals surface area contributed by atoms with Gasteiger partial charge in [-0.2, -0.15) is 0 Å². The molecule has 0 amide bonds. The van der Waals surface area contributed by atoms with Crippen molar-refractivity contribution in [2.24, 2.45) is 0 Å². The number of carboxylic acid groups (broad SMARTS) is 1. The van der Waals surface area contributed by atoms with Gasteiger partial charge in [0, 0.05) is 13.0 Å². The van der Waals surface area contributed by atoms with Gasteiger partial charge >= 0.3 is 5.97 Å². The van der Waals surface area contributed by atoms with E-state index in [4.69, 9.17) is 5.11 Å². The van der Waals surface area contributed by atoms with Crippen molar-refractivity contribution in [1.82, 2.24) is 4.72 Å². The minimum absolute atomic E-state index is 0.0508. The molecular formula is C10H10BrF2NO4S. The van der Waals surface area contributed by atoms with Crippen LogP contribution in [0.4, 0.5) is 8.78 Å². The van der Waals surface area contributed by atoms with Gasteiger partial charge in [0.25, 0.3) is 0 Å². The Balaban J connectivity index is 2.83. The summed E-state index contributed by atoms with van der Waals surface area (Å²) in [4.78, 5) is 9.42. The summed E-state index contributed by atoms with van der Waals surface area (Å²) in [6.07, 6.45) is -0.172. The molecule has 0 aliphatic carbocycles. The number of aliphatic carboxylic acids is 1. The standard InChI is InChI=1S/C10H10BrF2NO4S/c11-6-4-8(13)9(5-7(6)12)19(17,18)14-3-1-2-10(15)16/h4-5,14H,1-3H2,(H,15,16). The highest BCUT2D eigenvalue weighted by Crippen LogP contribution is 2.22. The van der Waals surface area contributed by atoms with Crippen LogP contribution < -0.4 is 4.72 Å². The summed E-state index contributed by atoms with van der Waals surface area (Å²) < 4.78 is 51.8. The van der Waals surface area contributed by atoms with Gasteiger partial charge < -0.3 is 5.11 Å². The molecule has 0 saturated heterocycles. The van der Waals surface area contributed by atoms with Gasteiger partial charge in [-0.3, -0.25) is 4.79 Å². The molecule has 1 aromatic rings. The topological polar surface area (TPSA) is 83.5 Å². The fourth-order valence-electron chi connectivity index (χ4n) is 1.23. The molecule has 2 N–H and O–H groups in total. The SMILES string of the molecule is O=C(O)CCCNS(=O)(=O)c1cc(F)c(Br)cc1F. The summed E-state index contributed by atoms with van der Waals surface area (Å²) in [6, 6.07) is 1.26. The largest absolute Gasteiger partial charge is 0.481 e. The molecular weight excluding hydrogens is 348 g/mol. The molecule has 1 aromatic carbocycles. The van der Waals surface area contributed by atoms with Gasteiger partial charge in [0.15, 0.2) is 0 Å². The van der Waals surface area contributed by atoms with Crippen LogP contribution in [0.3, 0.4) is 0 Å². The van der Waals surface area contributed by atoms with Crippen molar-refractivity contribution in [3.63, 3.8) is 0 Å². The van der Waals surface area contributed by atoms with Gasteiger partial charge in [-0.1, -0.05) is 0 Å². The molecule has 19 heavy (non-hydrogen) atoms. The summed E-state index contributed by atoms with van der Waals surface area (Å²) in [7, 11) is -4.21. The zero-order valence-electron chi connectivity index (χ0n) is 9.49. The first kappa shape index (κ1) is 16.0. The van der Waals surface area contributed by atoms with Crippen molar-refractivity contribution in [2.45, 2.75) is 17.7 Å². The number of benzene rings is 1. The van der Waals surface area contributed by atoms with E-state index < -0.39 is 32.5 Å². The number of hydrogen-bond acceptors (Lipinski definition) is 3. The predicted molar refractivity (Wildman–Crippen MR) is 66.1 cm³/mol. The third-order valence-corrected chi connectivity index (χ3v) is 4.21. The summed E-state index contributed by atoms with van der Waals surface area (Å²) in [5.74, 6) is -3.08. The molecule has 0 fully saturated rings. The van der Waals surface area contributed by atoms with E-state index in [9.17, 15) is 22.0 Å². The van der Waals surface area contributed by atoms with Gasteiger partial charge in [-0.05, 0) is 34.5 Å². The number of carboxylic acids is 1. The summed E-state index contributed by atoms with van der Waals surface area (Å²) in [6.45, 7) is -0.175. The molecule has 0 heterocycles. The number of rotatable bonds is 6. The summed E-state index contributed by atoms with van der Waals surface area (Å²) >= 11 is 2.73. The lowest BCUT2D eigenvalue weighted by Gasteiger charge is -2.08. The maximum atomic E-state index is 13.5. The van der Waals surface area contributed by atoms with Crippen LogP contribution in [0.15, 0.2) is 21.5 Å². The van der Waals surface area contributed by atoms with Crippen molar-refractivity contribution in [1.29, 1.82) is 0 Å². The van der Waals surface area contributed by atoms with E-state index in [1.165, 1.54) is 0 Å². The number of carbonyl (C=O) groups is 1. The molecule has 9 heteroatoms. The highest BCUT2D eigenvalue weighted by atomic mass is 79.9. The van der Waals surface area contributed by atoms with E-state index in [2.05, 4.69) is 15.9 Å². The van der Waals surface area contributed by atoms with Crippen LogP contribution in [-0.2, 0) is 14.8 Å². The first-order valence-electron chi connectivity index (χ1n) is 5.10. The van der Waals surface area contributed by atoms with Crippen molar-refractivity contribution >= 4 is 31.9 Å². The molecule has 1 rings (SSSR count). The van der Waals surface area contributed by atoms with E-state index in [-0.39, 0.29) is 23.9 Å². The fourth-order valence-corrected chi connectivity index (χ4v) is 2.69. The van der Waals surface area contributed by atoms with Crippen LogP contribution in [0, 0.1) is 11.6 Å². The molecule has 106 valence electrons. The quantitative estimate of drug-likeness (QED) is 0.601. The zero-order valence-corrected chi connectivity index (χ0v) is 11.9. The highest BCUT2D eigenvalue weighted by molar-refractivity contribution is 9.10. The van der Waals surface area contributed by atoms with Gasteiger partial charge in [0.2, 0.25) is 10.0 Å². The molecule has 0 saturated carbocycles. The van der Waals surface area contributed by atoms with Crippen molar-refractivity contribution in [3.05, 3.63) is 28.2 Å². The van der Waals surface area contributed by atoms with Crippen molar-refractivity contribution in [2.75, 3.05) is 6.54 Å². The number of sulfonamides is 1. The number of hydrogen-bond donors (Lipinski definition) is 2. The van der Waals surface area contributed by atoms with Gasteiger partial charge in [0.1, 0.15) is 16.5 Å². The molecule has 0 spiro atoms. The molecule has 5 nitrogen and oxygen atoms in total. The number of nitrogens with one attached hydrogen (secondary N) is 1. The molecule has 0 radical (unpaired) electrons. The average Bonchev–Trinajstić information content (AvgIpc) is 2.29. The molecule has 0 atom stereocenters. The lowest BCUT2D eigenvalue weighted by Crippen LogP contribution is -2.26. The maximum absolute atomic E-state index is 13.5. The normalized spacial score (nSPS) is 11.5.